The highest BCUT2D eigenvalue weighted by molar-refractivity contribution is 7.85. The van der Waals surface area contributed by atoms with Gasteiger partial charge in [-0.25, -0.2) is 0 Å². The van der Waals surface area contributed by atoms with E-state index < -0.39 is 10.1 Å². The van der Waals surface area contributed by atoms with Gasteiger partial charge in [-0.05, 0) is 5.56 Å². The van der Waals surface area contributed by atoms with Crippen LogP contribution in [-0.2, 0) is 25.6 Å². The average molecular weight is 268 g/mol. The van der Waals surface area contributed by atoms with E-state index in [2.05, 4.69) is 16.0 Å². The minimum absolute atomic E-state index is 0.0997. The van der Waals surface area contributed by atoms with E-state index in [1.807, 2.05) is 30.3 Å². The Morgan fingerprint density at radius 2 is 1.89 bits per heavy atom. The minimum atomic E-state index is -3.39. The van der Waals surface area contributed by atoms with Gasteiger partial charge in [0.25, 0.3) is 10.1 Å². The van der Waals surface area contributed by atoms with Crippen LogP contribution in [-0.4, -0.2) is 27.9 Å². The van der Waals surface area contributed by atoms with Crippen LogP contribution >= 0.6 is 0 Å². The van der Waals surface area contributed by atoms with Gasteiger partial charge in [0.2, 0.25) is 0 Å². The molecule has 0 spiro atoms. The summed E-state index contributed by atoms with van der Waals surface area (Å²) < 4.78 is 31.1. The van der Waals surface area contributed by atoms with Crippen molar-refractivity contribution < 1.29 is 17.3 Å². The second-order valence-electron chi connectivity index (χ2n) is 3.61. The maximum atomic E-state index is 10.6. The lowest BCUT2D eigenvalue weighted by atomic mass is 10.2. The summed E-state index contributed by atoms with van der Waals surface area (Å²) in [6.45, 7) is 0.973. The summed E-state index contributed by atoms with van der Waals surface area (Å²) in [7, 11) is -3.39. The van der Waals surface area contributed by atoms with Crippen molar-refractivity contribution in [3.05, 3.63) is 35.9 Å². The van der Waals surface area contributed by atoms with Crippen molar-refractivity contribution in [3.8, 4) is 11.8 Å². The maximum absolute atomic E-state index is 10.6. The zero-order chi connectivity index (χ0) is 13.3. The Hall–Kier alpha value is -1.35. The van der Waals surface area contributed by atoms with Gasteiger partial charge in [-0.2, -0.15) is 8.42 Å². The van der Waals surface area contributed by atoms with Crippen LogP contribution in [0.5, 0.6) is 0 Å². The third-order valence-corrected chi connectivity index (χ3v) is 2.50. The molecule has 0 bridgehead atoms. The highest BCUT2D eigenvalue weighted by atomic mass is 32.2. The van der Waals surface area contributed by atoms with Gasteiger partial charge < -0.3 is 4.74 Å². The van der Waals surface area contributed by atoms with Crippen molar-refractivity contribution in [3.63, 3.8) is 0 Å². The lowest BCUT2D eigenvalue weighted by Crippen LogP contribution is -2.02. The Balaban J connectivity index is 2.07. The molecule has 0 fully saturated rings. The molecule has 0 amide bonds. The summed E-state index contributed by atoms with van der Waals surface area (Å²) in [5.41, 5.74) is 1.12. The van der Waals surface area contributed by atoms with E-state index in [0.717, 1.165) is 11.8 Å². The standard InChI is InChI=1S/C13H16O4S/c1-18(14,15)17-11-7-3-6-10-16-12-13-8-4-2-5-9-13/h2,4-5,8-9H,6,10-12H2,1H3. The lowest BCUT2D eigenvalue weighted by molar-refractivity contribution is 0.126. The van der Waals surface area contributed by atoms with Gasteiger partial charge >= 0.3 is 0 Å². The molecule has 1 aromatic rings. The first-order valence-corrected chi connectivity index (χ1v) is 7.31. The summed E-state index contributed by atoms with van der Waals surface area (Å²) >= 11 is 0. The fraction of sp³-hybridized carbons (Fsp3) is 0.385. The monoisotopic (exact) mass is 268 g/mol. The molecular weight excluding hydrogens is 252 g/mol. The molecule has 0 aliphatic heterocycles. The molecule has 1 rings (SSSR count). The highest BCUT2D eigenvalue weighted by Crippen LogP contribution is 2.00. The quantitative estimate of drug-likeness (QED) is 0.446. The zero-order valence-electron chi connectivity index (χ0n) is 10.3. The maximum Gasteiger partial charge on any atom is 0.265 e. The van der Waals surface area contributed by atoms with Gasteiger partial charge in [0.05, 0.1) is 19.5 Å². The summed E-state index contributed by atoms with van der Waals surface area (Å²) in [5, 5.41) is 0. The molecule has 0 aromatic heterocycles. The third kappa shape index (κ3) is 7.85. The Labute approximate surface area is 108 Å². The Morgan fingerprint density at radius 3 is 2.56 bits per heavy atom. The third-order valence-electron chi connectivity index (χ3n) is 1.95. The van der Waals surface area contributed by atoms with Crippen molar-refractivity contribution >= 4 is 10.1 Å². The molecule has 0 saturated carbocycles. The van der Waals surface area contributed by atoms with Gasteiger partial charge in [0.1, 0.15) is 6.61 Å². The van der Waals surface area contributed by atoms with Crippen LogP contribution in [0.4, 0.5) is 0 Å². The normalized spacial score (nSPS) is 10.7. The van der Waals surface area contributed by atoms with Crippen molar-refractivity contribution in [2.75, 3.05) is 19.5 Å². The molecule has 0 aliphatic rings. The lowest BCUT2D eigenvalue weighted by Gasteiger charge is -2.01. The fourth-order valence-corrected chi connectivity index (χ4v) is 1.44. The van der Waals surface area contributed by atoms with E-state index >= 15 is 0 Å². The summed E-state index contributed by atoms with van der Waals surface area (Å²) in [6.07, 6.45) is 1.55. The number of rotatable bonds is 6. The summed E-state index contributed by atoms with van der Waals surface area (Å²) in [5.74, 6) is 5.39. The van der Waals surface area contributed by atoms with E-state index in [4.69, 9.17) is 4.74 Å². The van der Waals surface area contributed by atoms with Crippen LogP contribution in [0, 0.1) is 11.8 Å². The number of hydrogen-bond acceptors (Lipinski definition) is 4. The predicted octanol–water partition coefficient (Wildman–Crippen LogP) is 1.57. The molecule has 0 heterocycles. The van der Waals surface area contributed by atoms with E-state index in [0.29, 0.717) is 19.6 Å². The smallest absolute Gasteiger partial charge is 0.265 e. The van der Waals surface area contributed by atoms with E-state index in [1.54, 1.807) is 0 Å². The van der Waals surface area contributed by atoms with E-state index in [1.165, 1.54) is 0 Å². The van der Waals surface area contributed by atoms with Crippen molar-refractivity contribution in [2.45, 2.75) is 13.0 Å². The molecule has 0 saturated heterocycles. The first kappa shape index (κ1) is 14.7. The van der Waals surface area contributed by atoms with Crippen LogP contribution in [0.25, 0.3) is 0 Å². The fourth-order valence-electron chi connectivity index (χ4n) is 1.16. The molecule has 0 N–H and O–H groups in total. The van der Waals surface area contributed by atoms with Crippen LogP contribution in [0.1, 0.15) is 12.0 Å². The van der Waals surface area contributed by atoms with E-state index in [-0.39, 0.29) is 6.61 Å². The average Bonchev–Trinajstić information content (AvgIpc) is 2.32. The predicted molar refractivity (Wildman–Crippen MR) is 69.3 cm³/mol. The molecule has 0 unspecified atom stereocenters. The molecular formula is C13H16O4S. The molecule has 0 radical (unpaired) electrons. The number of hydrogen-bond donors (Lipinski definition) is 0. The molecule has 1 aromatic carbocycles. The first-order valence-electron chi connectivity index (χ1n) is 5.50. The second-order valence-corrected chi connectivity index (χ2v) is 5.25. The summed E-state index contributed by atoms with van der Waals surface area (Å²) in [6, 6.07) is 9.86. The van der Waals surface area contributed by atoms with Crippen molar-refractivity contribution in [1.82, 2.24) is 0 Å². The first-order chi connectivity index (χ1) is 8.58. The van der Waals surface area contributed by atoms with Crippen LogP contribution in [0.3, 0.4) is 0 Å². The highest BCUT2D eigenvalue weighted by Gasteiger charge is 1.97. The molecule has 0 atom stereocenters. The van der Waals surface area contributed by atoms with Gasteiger partial charge in [-0.3, -0.25) is 4.18 Å². The van der Waals surface area contributed by atoms with Gasteiger partial charge in [0.15, 0.2) is 0 Å². The molecule has 18 heavy (non-hydrogen) atoms. The van der Waals surface area contributed by atoms with Gasteiger partial charge in [-0.15, -0.1) is 0 Å². The molecule has 5 heteroatoms. The second kappa shape index (κ2) is 7.88. The largest absolute Gasteiger partial charge is 0.376 e. The molecule has 4 nitrogen and oxygen atoms in total. The SMILES string of the molecule is CS(=O)(=O)OCC#CCCOCc1ccccc1. The van der Waals surface area contributed by atoms with Crippen molar-refractivity contribution in [1.29, 1.82) is 0 Å². The number of ether oxygens (including phenoxy) is 1. The van der Waals surface area contributed by atoms with Crippen LogP contribution in [0.15, 0.2) is 30.3 Å². The van der Waals surface area contributed by atoms with E-state index in [9.17, 15) is 8.42 Å². The molecule has 0 aliphatic carbocycles. The molecule has 98 valence electrons. The summed E-state index contributed by atoms with van der Waals surface area (Å²) in [4.78, 5) is 0. The number of benzene rings is 1. The van der Waals surface area contributed by atoms with Crippen LogP contribution in [0.2, 0.25) is 0 Å². The minimum Gasteiger partial charge on any atom is -0.376 e. The Morgan fingerprint density at radius 1 is 1.17 bits per heavy atom. The zero-order valence-corrected chi connectivity index (χ0v) is 11.1. The van der Waals surface area contributed by atoms with Gasteiger partial charge in [0, 0.05) is 6.42 Å². The Bertz CT molecular complexity index is 497. The Kier molecular flexibility index (Phi) is 6.44. The van der Waals surface area contributed by atoms with Crippen molar-refractivity contribution in [2.24, 2.45) is 0 Å². The van der Waals surface area contributed by atoms with Gasteiger partial charge in [-0.1, -0.05) is 42.2 Å². The van der Waals surface area contributed by atoms with Crippen LogP contribution < -0.4 is 0 Å². The topological polar surface area (TPSA) is 52.6 Å².